The lowest BCUT2D eigenvalue weighted by Gasteiger charge is -2.11. The van der Waals surface area contributed by atoms with Crippen molar-refractivity contribution in [2.45, 2.75) is 25.4 Å². The van der Waals surface area contributed by atoms with Gasteiger partial charge in [0.05, 0.1) is 6.10 Å². The van der Waals surface area contributed by atoms with Crippen molar-refractivity contribution in [3.05, 3.63) is 64.7 Å². The number of aryl methyl sites for hydroxylation is 1. The SMILES string of the molecule is OC(CCc1ccccn1)Cc1cc(Cl)ccc1F. The number of nitrogens with zero attached hydrogens (tertiary/aromatic N) is 1. The van der Waals surface area contributed by atoms with Gasteiger partial charge in [0.1, 0.15) is 5.82 Å². The van der Waals surface area contributed by atoms with Gasteiger partial charge in [0.2, 0.25) is 0 Å². The van der Waals surface area contributed by atoms with Gasteiger partial charge in [0, 0.05) is 23.3 Å². The van der Waals surface area contributed by atoms with Gasteiger partial charge >= 0.3 is 0 Å². The van der Waals surface area contributed by atoms with Gasteiger partial charge in [0.25, 0.3) is 0 Å². The Hall–Kier alpha value is -1.45. The third-order valence-electron chi connectivity index (χ3n) is 2.92. The molecule has 1 N–H and O–H groups in total. The molecule has 1 atom stereocenters. The van der Waals surface area contributed by atoms with Crippen LogP contribution in [0.25, 0.3) is 0 Å². The molecule has 0 aliphatic rings. The Bertz CT molecular complexity index is 533. The first kappa shape index (κ1) is 14.0. The molecule has 0 fully saturated rings. The van der Waals surface area contributed by atoms with E-state index in [4.69, 9.17) is 11.6 Å². The highest BCUT2D eigenvalue weighted by atomic mass is 35.5. The topological polar surface area (TPSA) is 33.1 Å². The first-order chi connectivity index (χ1) is 9.15. The van der Waals surface area contributed by atoms with E-state index in [1.54, 1.807) is 12.3 Å². The molecule has 1 unspecified atom stereocenters. The van der Waals surface area contributed by atoms with Crippen molar-refractivity contribution in [3.63, 3.8) is 0 Å². The monoisotopic (exact) mass is 279 g/mol. The van der Waals surface area contributed by atoms with E-state index >= 15 is 0 Å². The Morgan fingerprint density at radius 1 is 1.26 bits per heavy atom. The second-order valence-electron chi connectivity index (χ2n) is 4.45. The van der Waals surface area contributed by atoms with E-state index in [1.165, 1.54) is 12.1 Å². The van der Waals surface area contributed by atoms with Gasteiger partial charge < -0.3 is 5.11 Å². The van der Waals surface area contributed by atoms with E-state index in [0.29, 0.717) is 23.4 Å². The normalized spacial score (nSPS) is 12.4. The first-order valence-electron chi connectivity index (χ1n) is 6.17. The van der Waals surface area contributed by atoms with Crippen LogP contribution >= 0.6 is 11.6 Å². The fourth-order valence-corrected chi connectivity index (χ4v) is 2.11. The number of hydrogen-bond donors (Lipinski definition) is 1. The van der Waals surface area contributed by atoms with Crippen LogP contribution in [0.1, 0.15) is 17.7 Å². The summed E-state index contributed by atoms with van der Waals surface area (Å²) in [5, 5.41) is 10.4. The molecule has 0 amide bonds. The number of hydrogen-bond acceptors (Lipinski definition) is 2. The molecule has 0 spiro atoms. The van der Waals surface area contributed by atoms with Crippen LogP contribution in [0.4, 0.5) is 4.39 Å². The maximum Gasteiger partial charge on any atom is 0.126 e. The highest BCUT2D eigenvalue weighted by Gasteiger charge is 2.10. The summed E-state index contributed by atoms with van der Waals surface area (Å²) in [5.74, 6) is -0.332. The van der Waals surface area contributed by atoms with Crippen LogP contribution in [-0.4, -0.2) is 16.2 Å². The summed E-state index contributed by atoms with van der Waals surface area (Å²) in [6.07, 6.45) is 2.60. The molecular weight excluding hydrogens is 265 g/mol. The summed E-state index contributed by atoms with van der Waals surface area (Å²) in [4.78, 5) is 4.18. The Balaban J connectivity index is 1.90. The predicted octanol–water partition coefficient (Wildman–Crippen LogP) is 3.41. The van der Waals surface area contributed by atoms with Crippen LogP contribution in [0.3, 0.4) is 0 Å². The molecule has 0 saturated carbocycles. The zero-order valence-corrected chi connectivity index (χ0v) is 11.1. The predicted molar refractivity (Wildman–Crippen MR) is 73.7 cm³/mol. The third kappa shape index (κ3) is 4.30. The van der Waals surface area contributed by atoms with Crippen molar-refractivity contribution in [3.8, 4) is 0 Å². The van der Waals surface area contributed by atoms with Gasteiger partial charge in [-0.05, 0) is 48.7 Å². The molecule has 100 valence electrons. The molecule has 19 heavy (non-hydrogen) atoms. The van der Waals surface area contributed by atoms with E-state index in [9.17, 15) is 9.50 Å². The maximum atomic E-state index is 13.5. The quantitative estimate of drug-likeness (QED) is 0.910. The Morgan fingerprint density at radius 3 is 2.84 bits per heavy atom. The summed E-state index contributed by atoms with van der Waals surface area (Å²) in [6.45, 7) is 0. The minimum absolute atomic E-state index is 0.263. The van der Waals surface area contributed by atoms with E-state index in [-0.39, 0.29) is 12.2 Å². The molecule has 0 radical (unpaired) electrons. The largest absolute Gasteiger partial charge is 0.393 e. The van der Waals surface area contributed by atoms with Crippen molar-refractivity contribution in [1.82, 2.24) is 4.98 Å². The number of aliphatic hydroxyl groups excluding tert-OH is 1. The Morgan fingerprint density at radius 2 is 2.11 bits per heavy atom. The number of aromatic nitrogens is 1. The number of benzene rings is 1. The van der Waals surface area contributed by atoms with Crippen molar-refractivity contribution in [1.29, 1.82) is 0 Å². The summed E-state index contributed by atoms with van der Waals surface area (Å²) < 4.78 is 13.5. The Kier molecular flexibility index (Phi) is 4.88. The summed E-state index contributed by atoms with van der Waals surface area (Å²) in [5.41, 5.74) is 1.37. The Labute approximate surface area is 116 Å². The molecule has 2 aromatic rings. The van der Waals surface area contributed by atoms with Crippen molar-refractivity contribution in [2.75, 3.05) is 0 Å². The number of aliphatic hydroxyl groups is 1. The van der Waals surface area contributed by atoms with Crippen LogP contribution < -0.4 is 0 Å². The van der Waals surface area contributed by atoms with E-state index < -0.39 is 6.10 Å². The number of pyridine rings is 1. The number of halogens is 2. The molecule has 0 saturated heterocycles. The molecular formula is C15H15ClFNO. The van der Waals surface area contributed by atoms with E-state index in [0.717, 1.165) is 5.69 Å². The fraction of sp³-hybridized carbons (Fsp3) is 0.267. The van der Waals surface area contributed by atoms with Gasteiger partial charge in [0.15, 0.2) is 0 Å². The summed E-state index contributed by atoms with van der Waals surface area (Å²) in [7, 11) is 0. The molecule has 2 rings (SSSR count). The van der Waals surface area contributed by atoms with Crippen molar-refractivity contribution < 1.29 is 9.50 Å². The lowest BCUT2D eigenvalue weighted by Crippen LogP contribution is -2.13. The molecule has 2 nitrogen and oxygen atoms in total. The minimum atomic E-state index is -0.602. The second kappa shape index (κ2) is 6.64. The van der Waals surface area contributed by atoms with Gasteiger partial charge in [-0.15, -0.1) is 0 Å². The lowest BCUT2D eigenvalue weighted by atomic mass is 10.0. The molecule has 0 bridgehead atoms. The average molecular weight is 280 g/mol. The molecule has 1 aromatic heterocycles. The summed E-state index contributed by atoms with van der Waals surface area (Å²) in [6, 6.07) is 10.0. The van der Waals surface area contributed by atoms with E-state index in [1.807, 2.05) is 18.2 Å². The molecule has 1 aromatic carbocycles. The molecule has 0 aliphatic carbocycles. The van der Waals surface area contributed by atoms with Gasteiger partial charge in [-0.1, -0.05) is 17.7 Å². The standard InChI is InChI=1S/C15H15ClFNO/c16-12-4-7-15(17)11(9-12)10-14(19)6-5-13-3-1-2-8-18-13/h1-4,7-9,14,19H,5-6,10H2. The van der Waals surface area contributed by atoms with Crippen LogP contribution in [0.5, 0.6) is 0 Å². The van der Waals surface area contributed by atoms with Crippen LogP contribution in [0.2, 0.25) is 5.02 Å². The number of rotatable bonds is 5. The zero-order chi connectivity index (χ0) is 13.7. The van der Waals surface area contributed by atoms with Crippen molar-refractivity contribution >= 4 is 11.6 Å². The first-order valence-corrected chi connectivity index (χ1v) is 6.55. The van der Waals surface area contributed by atoms with Gasteiger partial charge in [-0.25, -0.2) is 4.39 Å². The average Bonchev–Trinajstić information content (AvgIpc) is 2.42. The highest BCUT2D eigenvalue weighted by Crippen LogP contribution is 2.17. The fourth-order valence-electron chi connectivity index (χ4n) is 1.92. The molecule has 4 heteroatoms. The lowest BCUT2D eigenvalue weighted by molar-refractivity contribution is 0.163. The second-order valence-corrected chi connectivity index (χ2v) is 4.89. The van der Waals surface area contributed by atoms with E-state index in [2.05, 4.69) is 4.98 Å². The highest BCUT2D eigenvalue weighted by molar-refractivity contribution is 6.30. The molecule has 0 aliphatic heterocycles. The van der Waals surface area contributed by atoms with Crippen LogP contribution in [0.15, 0.2) is 42.6 Å². The van der Waals surface area contributed by atoms with Crippen LogP contribution in [0, 0.1) is 5.82 Å². The van der Waals surface area contributed by atoms with Gasteiger partial charge in [-0.2, -0.15) is 0 Å². The maximum absolute atomic E-state index is 13.5. The molecule has 1 heterocycles. The summed E-state index contributed by atoms with van der Waals surface area (Å²) >= 11 is 5.81. The zero-order valence-electron chi connectivity index (χ0n) is 10.4. The minimum Gasteiger partial charge on any atom is -0.393 e. The third-order valence-corrected chi connectivity index (χ3v) is 3.16. The van der Waals surface area contributed by atoms with Crippen molar-refractivity contribution in [2.24, 2.45) is 0 Å². The van der Waals surface area contributed by atoms with Crippen LogP contribution in [-0.2, 0) is 12.8 Å². The smallest absolute Gasteiger partial charge is 0.126 e. The van der Waals surface area contributed by atoms with Gasteiger partial charge in [-0.3, -0.25) is 4.98 Å².